The minimum absolute atomic E-state index is 0.0497. The first kappa shape index (κ1) is 37.3. The fourth-order valence-corrected chi connectivity index (χ4v) is 8.20. The van der Waals surface area contributed by atoms with E-state index in [1.807, 2.05) is 60.4 Å². The van der Waals surface area contributed by atoms with Gasteiger partial charge in [-0.2, -0.15) is 0 Å². The minimum atomic E-state index is -1.25. The van der Waals surface area contributed by atoms with Crippen molar-refractivity contribution in [3.63, 3.8) is 0 Å². The molecule has 57 heavy (non-hydrogen) atoms. The van der Waals surface area contributed by atoms with E-state index >= 15 is 0 Å². The van der Waals surface area contributed by atoms with E-state index in [1.165, 1.54) is 0 Å². The van der Waals surface area contributed by atoms with E-state index in [9.17, 15) is 19.5 Å². The Morgan fingerprint density at radius 3 is 1.68 bits per heavy atom. The van der Waals surface area contributed by atoms with Gasteiger partial charge < -0.3 is 30.2 Å². The number of aromatic amines is 2. The van der Waals surface area contributed by atoms with Gasteiger partial charge in [-0.05, 0) is 79.2 Å². The second-order valence-corrected chi connectivity index (χ2v) is 14.8. The lowest BCUT2D eigenvalue weighted by Gasteiger charge is -2.31. The maximum atomic E-state index is 13.9. The Labute approximate surface area is 330 Å². The molecule has 4 N–H and O–H groups in total. The molecule has 6 aromatic rings. The van der Waals surface area contributed by atoms with Gasteiger partial charge in [-0.25, -0.2) is 14.8 Å². The quantitative estimate of drug-likeness (QED) is 0.108. The van der Waals surface area contributed by atoms with Gasteiger partial charge in [0.05, 0.1) is 35.9 Å². The van der Waals surface area contributed by atoms with E-state index < -0.39 is 18.2 Å². The fourth-order valence-electron chi connectivity index (χ4n) is 8.20. The summed E-state index contributed by atoms with van der Waals surface area (Å²) in [5.41, 5.74) is 7.29. The summed E-state index contributed by atoms with van der Waals surface area (Å²) in [6, 6.07) is 27.5. The number of amides is 3. The van der Waals surface area contributed by atoms with Crippen LogP contribution in [0.15, 0.2) is 116 Å². The largest absolute Gasteiger partial charge is 0.465 e. The summed E-state index contributed by atoms with van der Waals surface area (Å²) in [5, 5.41) is 11.9. The van der Waals surface area contributed by atoms with Crippen molar-refractivity contribution in [1.29, 1.82) is 0 Å². The Morgan fingerprint density at radius 2 is 1.19 bits per heavy atom. The Kier molecular flexibility index (Phi) is 10.6. The van der Waals surface area contributed by atoms with E-state index in [1.54, 1.807) is 47.8 Å². The SMILES string of the molecule is CN(C)C(C(=O)N1CCC[C@H]1c1ncc(-c2ccc(-c3ccc(-c4cnc([C@@H]5CCCN5C(=O)[C@H](NC(=O)O)c5ccccc5)[nH]4)cc3)cc2)[nH]1)c1cccnc1. The van der Waals surface area contributed by atoms with Crippen LogP contribution in [0.25, 0.3) is 33.6 Å². The number of imidazole rings is 2. The molecule has 2 saturated heterocycles. The van der Waals surface area contributed by atoms with Crippen molar-refractivity contribution in [3.8, 4) is 33.6 Å². The maximum absolute atomic E-state index is 13.9. The van der Waals surface area contributed by atoms with Crippen LogP contribution in [0.5, 0.6) is 0 Å². The molecule has 4 atom stereocenters. The van der Waals surface area contributed by atoms with Crippen LogP contribution in [0.3, 0.4) is 0 Å². The molecule has 2 fully saturated rings. The van der Waals surface area contributed by atoms with Crippen molar-refractivity contribution in [2.24, 2.45) is 0 Å². The van der Waals surface area contributed by atoms with Crippen LogP contribution < -0.4 is 5.32 Å². The molecule has 2 aliphatic heterocycles. The molecule has 3 aromatic heterocycles. The molecule has 13 heteroatoms. The van der Waals surface area contributed by atoms with Crippen molar-refractivity contribution < 1.29 is 19.5 Å². The van der Waals surface area contributed by atoms with Gasteiger partial charge >= 0.3 is 6.09 Å². The summed E-state index contributed by atoms with van der Waals surface area (Å²) < 4.78 is 0. The van der Waals surface area contributed by atoms with Crippen molar-refractivity contribution >= 4 is 17.9 Å². The van der Waals surface area contributed by atoms with Gasteiger partial charge in [0.2, 0.25) is 5.91 Å². The zero-order chi connectivity index (χ0) is 39.5. The lowest BCUT2D eigenvalue weighted by atomic mass is 10.0. The van der Waals surface area contributed by atoms with Crippen LogP contribution >= 0.6 is 0 Å². The highest BCUT2D eigenvalue weighted by molar-refractivity contribution is 5.87. The highest BCUT2D eigenvalue weighted by atomic mass is 16.4. The number of carboxylic acid groups (broad SMARTS) is 1. The van der Waals surface area contributed by atoms with Crippen molar-refractivity contribution in [1.82, 2.24) is 44.9 Å². The second-order valence-electron chi connectivity index (χ2n) is 14.8. The fraction of sp³-hybridized carbons (Fsp3) is 0.273. The second kappa shape index (κ2) is 16.2. The summed E-state index contributed by atoms with van der Waals surface area (Å²) in [4.78, 5) is 65.4. The maximum Gasteiger partial charge on any atom is 0.405 e. The number of nitrogens with zero attached hydrogens (tertiary/aromatic N) is 6. The smallest absolute Gasteiger partial charge is 0.405 e. The Bertz CT molecular complexity index is 2330. The third-order valence-electron chi connectivity index (χ3n) is 11.0. The van der Waals surface area contributed by atoms with Gasteiger partial charge in [-0.15, -0.1) is 0 Å². The minimum Gasteiger partial charge on any atom is -0.465 e. The predicted molar refractivity (Wildman–Crippen MR) is 215 cm³/mol. The molecular weight excluding hydrogens is 719 g/mol. The standard InChI is InChI=1S/C44H45N9O4/c1-51(2)39(33-11-6-22-45-25-33)43(55)53-24-8-13-37(53)41-47-27-35(49-41)31-20-16-29(17-21-31)28-14-18-30(19-15-28)34-26-46-40(48-34)36-12-7-23-52(36)42(54)38(50-44(56)57)32-9-4-3-5-10-32/h3-6,9-11,14-22,25-27,36-39,50H,7-8,12-13,23-24H2,1-2H3,(H,46,48)(H,47,49)(H,56,57)/t36-,37-,38+,39?/m0/s1. The highest BCUT2D eigenvalue weighted by Gasteiger charge is 2.38. The number of H-pyrrole nitrogens is 2. The highest BCUT2D eigenvalue weighted by Crippen LogP contribution is 2.37. The molecule has 290 valence electrons. The Hall–Kier alpha value is -6.60. The number of rotatable bonds is 11. The summed E-state index contributed by atoms with van der Waals surface area (Å²) in [6.45, 7) is 1.20. The molecule has 2 aliphatic rings. The van der Waals surface area contributed by atoms with Crippen LogP contribution in [0, 0.1) is 0 Å². The van der Waals surface area contributed by atoms with E-state index in [4.69, 9.17) is 4.98 Å². The van der Waals surface area contributed by atoms with Gasteiger partial charge in [0.25, 0.3) is 5.91 Å². The van der Waals surface area contributed by atoms with Crippen molar-refractivity contribution in [2.45, 2.75) is 49.9 Å². The monoisotopic (exact) mass is 763 g/mol. The molecule has 8 rings (SSSR count). The molecule has 0 aliphatic carbocycles. The van der Waals surface area contributed by atoms with Crippen LogP contribution in [0.2, 0.25) is 0 Å². The number of carbonyl (C=O) groups excluding carboxylic acids is 2. The van der Waals surface area contributed by atoms with E-state index in [-0.39, 0.29) is 23.9 Å². The topological polar surface area (TPSA) is 163 Å². The number of pyridine rings is 1. The predicted octanol–water partition coefficient (Wildman–Crippen LogP) is 7.17. The summed E-state index contributed by atoms with van der Waals surface area (Å²) in [5.74, 6) is 1.22. The van der Waals surface area contributed by atoms with Crippen LogP contribution in [0.1, 0.15) is 72.6 Å². The molecule has 0 radical (unpaired) electrons. The normalized spacial score (nSPS) is 17.8. The molecule has 3 amide bonds. The van der Waals surface area contributed by atoms with Gasteiger partial charge in [0, 0.05) is 25.5 Å². The van der Waals surface area contributed by atoms with Crippen LogP contribution in [-0.2, 0) is 9.59 Å². The van der Waals surface area contributed by atoms with Gasteiger partial charge in [0.1, 0.15) is 23.7 Å². The zero-order valence-electron chi connectivity index (χ0n) is 31.9. The van der Waals surface area contributed by atoms with Gasteiger partial charge in [0.15, 0.2) is 0 Å². The van der Waals surface area contributed by atoms with Crippen LogP contribution in [-0.4, -0.2) is 89.8 Å². The molecule has 0 saturated carbocycles. The number of nitrogens with one attached hydrogen (secondary N) is 3. The first-order chi connectivity index (χ1) is 27.7. The summed E-state index contributed by atoms with van der Waals surface area (Å²) in [6.07, 6.45) is 9.14. The number of hydrogen-bond acceptors (Lipinski definition) is 7. The van der Waals surface area contributed by atoms with Crippen molar-refractivity contribution in [3.05, 3.63) is 139 Å². The average Bonchev–Trinajstić information content (AvgIpc) is 4.08. The number of carbonyl (C=O) groups is 3. The molecule has 1 unspecified atom stereocenters. The van der Waals surface area contributed by atoms with E-state index in [0.717, 1.165) is 70.7 Å². The first-order valence-corrected chi connectivity index (χ1v) is 19.3. The number of likely N-dealkylation sites (tertiary alicyclic amines) is 2. The number of benzene rings is 3. The third kappa shape index (κ3) is 7.79. The molecular formula is C44H45N9O4. The lowest BCUT2D eigenvalue weighted by molar-refractivity contribution is -0.137. The Balaban J connectivity index is 0.930. The van der Waals surface area contributed by atoms with E-state index in [0.29, 0.717) is 24.5 Å². The molecule has 13 nitrogen and oxygen atoms in total. The zero-order valence-corrected chi connectivity index (χ0v) is 31.9. The number of aromatic nitrogens is 5. The summed E-state index contributed by atoms with van der Waals surface area (Å²) in [7, 11) is 3.84. The Morgan fingerprint density at radius 1 is 0.684 bits per heavy atom. The molecule has 3 aromatic carbocycles. The van der Waals surface area contributed by atoms with Crippen molar-refractivity contribution in [2.75, 3.05) is 27.2 Å². The average molecular weight is 764 g/mol. The van der Waals surface area contributed by atoms with Gasteiger partial charge in [-0.1, -0.05) is 84.9 Å². The van der Waals surface area contributed by atoms with E-state index in [2.05, 4.69) is 61.7 Å². The van der Waals surface area contributed by atoms with Crippen LogP contribution in [0.4, 0.5) is 4.79 Å². The lowest BCUT2D eigenvalue weighted by Crippen LogP contribution is -2.42. The molecule has 0 bridgehead atoms. The first-order valence-electron chi connectivity index (χ1n) is 19.3. The molecule has 5 heterocycles. The summed E-state index contributed by atoms with van der Waals surface area (Å²) >= 11 is 0. The number of likely N-dealkylation sites (N-methyl/N-ethyl adjacent to an activating group) is 1. The number of hydrogen-bond donors (Lipinski definition) is 4. The molecule has 0 spiro atoms. The third-order valence-corrected chi connectivity index (χ3v) is 11.0. The van der Waals surface area contributed by atoms with Gasteiger partial charge in [-0.3, -0.25) is 19.5 Å².